The van der Waals surface area contributed by atoms with Crippen molar-refractivity contribution in [1.82, 2.24) is 0 Å². The van der Waals surface area contributed by atoms with Crippen LogP contribution >= 0.6 is 0 Å². The summed E-state index contributed by atoms with van der Waals surface area (Å²) in [6, 6.07) is 10.1. The van der Waals surface area contributed by atoms with Gasteiger partial charge >= 0.3 is 0 Å². The molecule has 0 heterocycles. The average molecular weight is 396 g/mol. The van der Waals surface area contributed by atoms with Gasteiger partial charge in [0, 0.05) is 24.7 Å². The molecule has 2 rings (SSSR count). The Morgan fingerprint density at radius 3 is 2.41 bits per heavy atom. The van der Waals surface area contributed by atoms with Crippen LogP contribution < -0.4 is 19.1 Å². The quantitative estimate of drug-likeness (QED) is 0.742. The zero-order valence-electron chi connectivity index (χ0n) is 15.2. The standard InChI is InChI=1S/C18H21FN2O5S/c1-25-16-8-7-14(12-17(16)26-2)20-18(22)9-10-21(27(3,23)24)15-6-4-5-13(19)11-15/h4-8,11-12H,9-10H2,1-3H3,(H,20,22). The van der Waals surface area contributed by atoms with Gasteiger partial charge in [0.15, 0.2) is 11.5 Å². The minimum Gasteiger partial charge on any atom is -0.493 e. The third-order valence-electron chi connectivity index (χ3n) is 3.71. The molecule has 2 aromatic carbocycles. The van der Waals surface area contributed by atoms with Gasteiger partial charge in [-0.3, -0.25) is 9.10 Å². The SMILES string of the molecule is COc1ccc(NC(=O)CCN(c2cccc(F)c2)S(C)(=O)=O)cc1OC. The molecule has 0 unspecified atom stereocenters. The van der Waals surface area contributed by atoms with Crippen LogP contribution in [-0.2, 0) is 14.8 Å². The fraction of sp³-hybridized carbons (Fsp3) is 0.278. The van der Waals surface area contributed by atoms with Crippen molar-refractivity contribution in [3.8, 4) is 11.5 Å². The summed E-state index contributed by atoms with van der Waals surface area (Å²) in [7, 11) is -0.692. The van der Waals surface area contributed by atoms with Crippen LogP contribution in [0.25, 0.3) is 0 Å². The number of rotatable bonds is 8. The van der Waals surface area contributed by atoms with E-state index in [2.05, 4.69) is 5.32 Å². The molecule has 0 fully saturated rings. The normalized spacial score (nSPS) is 11.0. The summed E-state index contributed by atoms with van der Waals surface area (Å²) in [6.45, 7) is -0.124. The van der Waals surface area contributed by atoms with Crippen molar-refractivity contribution in [3.63, 3.8) is 0 Å². The molecule has 1 amide bonds. The number of sulfonamides is 1. The van der Waals surface area contributed by atoms with Crippen molar-refractivity contribution >= 4 is 27.3 Å². The van der Waals surface area contributed by atoms with E-state index in [4.69, 9.17) is 9.47 Å². The Bertz CT molecular complexity index is 918. The van der Waals surface area contributed by atoms with Crippen LogP contribution in [-0.4, -0.2) is 41.3 Å². The number of amides is 1. The molecule has 27 heavy (non-hydrogen) atoms. The van der Waals surface area contributed by atoms with Crippen LogP contribution in [0.1, 0.15) is 6.42 Å². The van der Waals surface area contributed by atoms with Crippen LogP contribution in [0, 0.1) is 5.82 Å². The molecule has 0 aliphatic carbocycles. The molecule has 0 spiro atoms. The summed E-state index contributed by atoms with van der Waals surface area (Å²) >= 11 is 0. The molecule has 0 saturated heterocycles. The Kier molecular flexibility index (Phi) is 6.62. The molecule has 0 atom stereocenters. The van der Waals surface area contributed by atoms with Gasteiger partial charge in [-0.1, -0.05) is 6.07 Å². The topological polar surface area (TPSA) is 84.9 Å². The van der Waals surface area contributed by atoms with Crippen LogP contribution in [0.2, 0.25) is 0 Å². The van der Waals surface area contributed by atoms with Crippen molar-refractivity contribution in [2.75, 3.05) is 36.6 Å². The number of hydrogen-bond donors (Lipinski definition) is 1. The van der Waals surface area contributed by atoms with Crippen molar-refractivity contribution in [1.29, 1.82) is 0 Å². The number of anilines is 2. The summed E-state index contributed by atoms with van der Waals surface area (Å²) in [5.41, 5.74) is 0.644. The minimum absolute atomic E-state index is 0.113. The van der Waals surface area contributed by atoms with Gasteiger partial charge in [-0.15, -0.1) is 0 Å². The van der Waals surface area contributed by atoms with Crippen LogP contribution in [0.5, 0.6) is 11.5 Å². The number of carbonyl (C=O) groups excluding carboxylic acids is 1. The van der Waals surface area contributed by atoms with Crippen molar-refractivity contribution in [2.45, 2.75) is 6.42 Å². The van der Waals surface area contributed by atoms with Gasteiger partial charge in [-0.25, -0.2) is 12.8 Å². The molecule has 2 aromatic rings. The van der Waals surface area contributed by atoms with Gasteiger partial charge in [0.25, 0.3) is 0 Å². The summed E-state index contributed by atoms with van der Waals surface area (Å²) in [5, 5.41) is 2.67. The van der Waals surface area contributed by atoms with E-state index in [9.17, 15) is 17.6 Å². The van der Waals surface area contributed by atoms with E-state index in [1.807, 2.05) is 0 Å². The summed E-state index contributed by atoms with van der Waals surface area (Å²) in [5.74, 6) is 0.0147. The van der Waals surface area contributed by atoms with Gasteiger partial charge in [0.1, 0.15) is 5.82 Å². The fourth-order valence-corrected chi connectivity index (χ4v) is 3.38. The molecular weight excluding hydrogens is 375 g/mol. The fourth-order valence-electron chi connectivity index (χ4n) is 2.46. The van der Waals surface area contributed by atoms with Crippen LogP contribution in [0.4, 0.5) is 15.8 Å². The molecule has 146 valence electrons. The molecule has 0 saturated carbocycles. The maximum Gasteiger partial charge on any atom is 0.232 e. The van der Waals surface area contributed by atoms with Crippen molar-refractivity contribution in [2.24, 2.45) is 0 Å². The highest BCUT2D eigenvalue weighted by Gasteiger charge is 2.19. The Balaban J connectivity index is 2.08. The second-order valence-electron chi connectivity index (χ2n) is 5.68. The predicted molar refractivity (Wildman–Crippen MR) is 101 cm³/mol. The van der Waals surface area contributed by atoms with Crippen LogP contribution in [0.15, 0.2) is 42.5 Å². The van der Waals surface area contributed by atoms with Gasteiger partial charge < -0.3 is 14.8 Å². The smallest absolute Gasteiger partial charge is 0.232 e. The van der Waals surface area contributed by atoms with E-state index in [1.165, 1.54) is 32.4 Å². The number of ether oxygens (including phenoxy) is 2. The highest BCUT2D eigenvalue weighted by atomic mass is 32.2. The number of nitrogens with one attached hydrogen (secondary N) is 1. The lowest BCUT2D eigenvalue weighted by Gasteiger charge is -2.22. The maximum atomic E-state index is 13.4. The Hall–Kier alpha value is -2.81. The summed E-state index contributed by atoms with van der Waals surface area (Å²) in [4.78, 5) is 12.2. The molecule has 0 radical (unpaired) electrons. The Labute approximate surface area is 157 Å². The Morgan fingerprint density at radius 2 is 1.81 bits per heavy atom. The van der Waals surface area contributed by atoms with E-state index in [-0.39, 0.29) is 18.7 Å². The molecule has 1 N–H and O–H groups in total. The molecule has 9 heteroatoms. The summed E-state index contributed by atoms with van der Waals surface area (Å²) < 4.78 is 48.7. The van der Waals surface area contributed by atoms with Crippen molar-refractivity contribution in [3.05, 3.63) is 48.3 Å². The highest BCUT2D eigenvalue weighted by molar-refractivity contribution is 7.92. The predicted octanol–water partition coefficient (Wildman–Crippen LogP) is 2.64. The van der Waals surface area contributed by atoms with Gasteiger partial charge in [0.2, 0.25) is 15.9 Å². The molecule has 0 bridgehead atoms. The van der Waals surface area contributed by atoms with Gasteiger partial charge in [-0.2, -0.15) is 0 Å². The van der Waals surface area contributed by atoms with Crippen molar-refractivity contribution < 1.29 is 27.1 Å². The number of hydrogen-bond acceptors (Lipinski definition) is 5. The zero-order valence-corrected chi connectivity index (χ0v) is 16.0. The second-order valence-corrected chi connectivity index (χ2v) is 7.59. The third kappa shape index (κ3) is 5.58. The lowest BCUT2D eigenvalue weighted by Crippen LogP contribution is -2.33. The van der Waals surface area contributed by atoms with E-state index in [0.717, 1.165) is 16.6 Å². The minimum atomic E-state index is -3.67. The zero-order chi connectivity index (χ0) is 20.0. The first kappa shape index (κ1) is 20.5. The first-order valence-corrected chi connectivity index (χ1v) is 9.84. The highest BCUT2D eigenvalue weighted by Crippen LogP contribution is 2.29. The second kappa shape index (κ2) is 8.72. The Morgan fingerprint density at radius 1 is 1.11 bits per heavy atom. The number of benzene rings is 2. The number of carbonyl (C=O) groups is 1. The molecule has 7 nitrogen and oxygen atoms in total. The van der Waals surface area contributed by atoms with Gasteiger partial charge in [-0.05, 0) is 30.3 Å². The number of methoxy groups -OCH3 is 2. The lowest BCUT2D eigenvalue weighted by atomic mass is 10.2. The third-order valence-corrected chi connectivity index (χ3v) is 4.90. The molecule has 0 aromatic heterocycles. The van der Waals surface area contributed by atoms with E-state index >= 15 is 0 Å². The molecule has 0 aliphatic rings. The molecular formula is C18H21FN2O5S. The summed E-state index contributed by atoms with van der Waals surface area (Å²) in [6.07, 6.45) is 0.891. The van der Waals surface area contributed by atoms with E-state index in [0.29, 0.717) is 17.2 Å². The van der Waals surface area contributed by atoms with E-state index in [1.54, 1.807) is 18.2 Å². The van der Waals surface area contributed by atoms with Crippen LogP contribution in [0.3, 0.4) is 0 Å². The first-order chi connectivity index (χ1) is 12.7. The lowest BCUT2D eigenvalue weighted by molar-refractivity contribution is -0.116. The number of halogens is 1. The largest absolute Gasteiger partial charge is 0.493 e. The van der Waals surface area contributed by atoms with E-state index < -0.39 is 21.7 Å². The first-order valence-electron chi connectivity index (χ1n) is 7.99. The number of nitrogens with zero attached hydrogens (tertiary/aromatic N) is 1. The average Bonchev–Trinajstić information content (AvgIpc) is 2.60. The van der Waals surface area contributed by atoms with Gasteiger partial charge in [0.05, 0.1) is 26.2 Å². The molecule has 0 aliphatic heterocycles. The monoisotopic (exact) mass is 396 g/mol. The maximum absolute atomic E-state index is 13.4.